The topological polar surface area (TPSA) is 27.7 Å². The molecule has 1 fully saturated rings. The van der Waals surface area contributed by atoms with Gasteiger partial charge >= 0.3 is 25.7 Å². The van der Waals surface area contributed by atoms with E-state index in [0.717, 1.165) is 0 Å². The first-order valence-corrected chi connectivity index (χ1v) is 11.3. The van der Waals surface area contributed by atoms with E-state index < -0.39 is 25.7 Å². The lowest BCUT2D eigenvalue weighted by atomic mass is 11.2. The summed E-state index contributed by atoms with van der Waals surface area (Å²) in [6.45, 7) is 22.7. The van der Waals surface area contributed by atoms with Gasteiger partial charge < -0.3 is 12.3 Å². The molecule has 1 rings (SSSR count). The highest BCUT2D eigenvalue weighted by Crippen LogP contribution is 2.33. The fourth-order valence-corrected chi connectivity index (χ4v) is 13.7. The summed E-state index contributed by atoms with van der Waals surface area (Å²) in [6.07, 6.45) is 0. The van der Waals surface area contributed by atoms with Gasteiger partial charge in [-0.2, -0.15) is 0 Å². The van der Waals surface area contributed by atoms with Gasteiger partial charge in [-0.15, -0.1) is 39.5 Å². The maximum atomic E-state index is 6.02. The molecule has 3 nitrogen and oxygen atoms in total. The smallest absolute Gasteiger partial charge is 0.374 e. The van der Waals surface area contributed by atoms with Crippen molar-refractivity contribution >= 4 is 25.7 Å². The summed E-state index contributed by atoms with van der Waals surface area (Å²) in [6, 6.07) is 0. The van der Waals surface area contributed by atoms with Crippen LogP contribution in [0.15, 0.2) is 73.7 Å². The van der Waals surface area contributed by atoms with Crippen molar-refractivity contribution in [2.45, 2.75) is 0 Å². The van der Waals surface area contributed by atoms with Gasteiger partial charge in [-0.25, -0.2) is 0 Å². The van der Waals surface area contributed by atoms with Crippen LogP contribution in [0.25, 0.3) is 0 Å². The maximum absolute atomic E-state index is 6.02. The lowest BCUT2D eigenvalue weighted by molar-refractivity contribution is 0.262. The Balaban J connectivity index is 3.38. The van der Waals surface area contributed by atoms with Crippen molar-refractivity contribution in [3.05, 3.63) is 73.7 Å². The fraction of sp³-hybridized carbons (Fsp3) is 0. The van der Waals surface area contributed by atoms with Crippen LogP contribution in [0.5, 0.6) is 0 Å². The highest BCUT2D eigenvalue weighted by molar-refractivity contribution is 7.03. The van der Waals surface area contributed by atoms with E-state index in [1.807, 2.05) is 0 Å². The van der Waals surface area contributed by atoms with Crippen molar-refractivity contribution in [1.29, 1.82) is 0 Å². The van der Waals surface area contributed by atoms with Crippen molar-refractivity contribution in [2.75, 3.05) is 0 Å². The zero-order valence-corrected chi connectivity index (χ0v) is 13.4. The molecule has 18 heavy (non-hydrogen) atoms. The molecular weight excluding hydrogens is 276 g/mol. The monoisotopic (exact) mass is 294 g/mol. The Labute approximate surface area is 112 Å². The molecule has 0 aromatic heterocycles. The highest BCUT2D eigenvalue weighted by Gasteiger charge is 2.56. The molecule has 0 amide bonds. The Kier molecular flexibility index (Phi) is 4.43. The summed E-state index contributed by atoms with van der Waals surface area (Å²) in [5.41, 5.74) is 10.0. The van der Waals surface area contributed by atoms with Crippen LogP contribution in [0, 0.1) is 0 Å². The van der Waals surface area contributed by atoms with Crippen LogP contribution >= 0.6 is 0 Å². The molecule has 0 radical (unpaired) electrons. The van der Waals surface area contributed by atoms with E-state index in [2.05, 4.69) is 39.5 Å². The van der Waals surface area contributed by atoms with Gasteiger partial charge in [-0.1, -0.05) is 0 Å². The second-order valence-corrected chi connectivity index (χ2v) is 12.9. The second kappa shape index (κ2) is 5.31. The molecule has 0 unspecified atom stereocenters. The summed E-state index contributed by atoms with van der Waals surface area (Å²) >= 11 is 0. The lowest BCUT2D eigenvalue weighted by Gasteiger charge is -2.47. The molecule has 0 aliphatic carbocycles. The van der Waals surface area contributed by atoms with Crippen molar-refractivity contribution in [3.63, 3.8) is 0 Å². The van der Waals surface area contributed by atoms with E-state index in [0.29, 0.717) is 0 Å². The minimum absolute atomic E-state index is 1.67. The normalized spacial score (nSPS) is 23.3. The van der Waals surface area contributed by atoms with E-state index in [-0.39, 0.29) is 0 Å². The van der Waals surface area contributed by atoms with E-state index in [9.17, 15) is 0 Å². The molecule has 1 saturated heterocycles. The van der Waals surface area contributed by atoms with E-state index in [1.54, 1.807) is 34.2 Å². The van der Waals surface area contributed by atoms with Crippen LogP contribution in [0.4, 0.5) is 0 Å². The summed E-state index contributed by atoms with van der Waals surface area (Å²) in [7, 11) is -8.23. The molecule has 0 spiro atoms. The van der Waals surface area contributed by atoms with Crippen molar-refractivity contribution in [3.8, 4) is 0 Å². The minimum atomic E-state index is -2.74. The third-order valence-electron chi connectivity index (χ3n) is 2.66. The molecule has 0 aromatic carbocycles. The molecule has 0 atom stereocenters. The Hall–Kier alpha value is -1.03. The predicted molar refractivity (Wildman–Crippen MR) is 81.7 cm³/mol. The second-order valence-electron chi connectivity index (χ2n) is 3.70. The zero-order chi connectivity index (χ0) is 13.9. The molecule has 6 heteroatoms. The van der Waals surface area contributed by atoms with Crippen molar-refractivity contribution < 1.29 is 12.3 Å². The third-order valence-corrected chi connectivity index (χ3v) is 13.7. The molecule has 1 heterocycles. The predicted octanol–water partition coefficient (Wildman–Crippen LogP) is 2.73. The van der Waals surface area contributed by atoms with Gasteiger partial charge in [-0.3, -0.25) is 0 Å². The summed E-state index contributed by atoms with van der Waals surface area (Å²) in [5, 5.41) is 0. The molecule has 0 N–H and O–H groups in total. The number of hydrogen-bond acceptors (Lipinski definition) is 3. The molecule has 0 aromatic rings. The van der Waals surface area contributed by atoms with Gasteiger partial charge in [0.1, 0.15) is 0 Å². The van der Waals surface area contributed by atoms with Crippen LogP contribution in [0.2, 0.25) is 0 Å². The van der Waals surface area contributed by atoms with Gasteiger partial charge in [0.05, 0.1) is 0 Å². The molecule has 0 saturated carbocycles. The molecule has 1 aliphatic rings. The quantitative estimate of drug-likeness (QED) is 0.705. The van der Waals surface area contributed by atoms with Crippen LogP contribution in [-0.4, -0.2) is 25.7 Å². The maximum Gasteiger partial charge on any atom is 0.374 e. The largest absolute Gasteiger partial charge is 0.403 e. The summed E-state index contributed by atoms with van der Waals surface area (Å²) in [5.74, 6) is 0. The van der Waals surface area contributed by atoms with E-state index in [4.69, 9.17) is 12.3 Å². The number of hydrogen-bond donors (Lipinski definition) is 0. The van der Waals surface area contributed by atoms with Gasteiger partial charge in [-0.05, 0) is 34.2 Å². The minimum Gasteiger partial charge on any atom is -0.403 e. The van der Waals surface area contributed by atoms with E-state index >= 15 is 0 Å². The molecule has 1 aliphatic heterocycles. The van der Waals surface area contributed by atoms with Gasteiger partial charge in [0, 0.05) is 0 Å². The molecule has 96 valence electrons. The zero-order valence-electron chi connectivity index (χ0n) is 10.4. The summed E-state index contributed by atoms with van der Waals surface area (Å²) < 4.78 is 18.1. The summed E-state index contributed by atoms with van der Waals surface area (Å²) in [4.78, 5) is 0. The van der Waals surface area contributed by atoms with Gasteiger partial charge in [0.25, 0.3) is 0 Å². The molecular formula is C12H18O3Si3. The first-order chi connectivity index (χ1) is 8.49. The van der Waals surface area contributed by atoms with Crippen molar-refractivity contribution in [1.82, 2.24) is 0 Å². The van der Waals surface area contributed by atoms with Crippen molar-refractivity contribution in [2.24, 2.45) is 0 Å². The Bertz CT molecular complexity index is 319. The Morgan fingerprint density at radius 1 is 0.444 bits per heavy atom. The Morgan fingerprint density at radius 3 is 0.722 bits per heavy atom. The SMILES string of the molecule is C=C[Si]1(C=C)O[Si](C=C)(C=C)O[Si](C=C)(C=C)O1. The Morgan fingerprint density at radius 2 is 0.611 bits per heavy atom. The first-order valence-electron chi connectivity index (χ1n) is 5.41. The molecule has 0 bridgehead atoms. The standard InChI is InChI=1S/C12H18O3Si3/c1-7-16(8-2)13-17(9-3,10-4)15-18(11-5,12-6)14-16/h7-12H,1-6H2. The highest BCUT2D eigenvalue weighted by atomic mass is 28.5. The van der Waals surface area contributed by atoms with E-state index in [1.165, 1.54) is 0 Å². The van der Waals surface area contributed by atoms with Crippen LogP contribution in [0.1, 0.15) is 0 Å². The third kappa shape index (κ3) is 2.39. The number of rotatable bonds is 6. The van der Waals surface area contributed by atoms with Gasteiger partial charge in [0.2, 0.25) is 0 Å². The lowest BCUT2D eigenvalue weighted by Crippen LogP contribution is -2.67. The average Bonchev–Trinajstić information content (AvgIpc) is 2.46. The van der Waals surface area contributed by atoms with Crippen LogP contribution < -0.4 is 0 Å². The van der Waals surface area contributed by atoms with Gasteiger partial charge in [0.15, 0.2) is 0 Å². The fourth-order valence-electron chi connectivity index (χ4n) is 1.56. The first kappa shape index (κ1) is 15.0. The van der Waals surface area contributed by atoms with Crippen LogP contribution in [0.3, 0.4) is 0 Å². The average molecular weight is 295 g/mol. The van der Waals surface area contributed by atoms with Crippen LogP contribution in [-0.2, 0) is 12.3 Å².